The van der Waals surface area contributed by atoms with E-state index in [1.54, 1.807) is 12.1 Å². The molecular weight excluding hydrogens is 300 g/mol. The van der Waals surface area contributed by atoms with Crippen molar-refractivity contribution >= 4 is 11.8 Å². The van der Waals surface area contributed by atoms with Crippen LogP contribution in [0.2, 0.25) is 0 Å². The lowest BCUT2D eigenvalue weighted by Gasteiger charge is -2.14. The first-order valence-corrected chi connectivity index (χ1v) is 7.86. The van der Waals surface area contributed by atoms with Crippen LogP contribution in [-0.2, 0) is 4.79 Å². The van der Waals surface area contributed by atoms with Crippen LogP contribution in [0.1, 0.15) is 30.6 Å². The molecule has 0 aromatic heterocycles. The van der Waals surface area contributed by atoms with Gasteiger partial charge < -0.3 is 11.1 Å². The van der Waals surface area contributed by atoms with E-state index in [0.29, 0.717) is 12.0 Å². The van der Waals surface area contributed by atoms with Gasteiger partial charge in [0.15, 0.2) is 0 Å². The highest BCUT2D eigenvalue weighted by atomic mass is 16.2. The Balaban J connectivity index is 2.09. The van der Waals surface area contributed by atoms with Crippen molar-refractivity contribution in [2.75, 3.05) is 0 Å². The Hall–Kier alpha value is -2.88. The van der Waals surface area contributed by atoms with E-state index in [1.165, 1.54) is 0 Å². The molecule has 3 N–H and O–H groups in total. The summed E-state index contributed by atoms with van der Waals surface area (Å²) in [7, 11) is 0. The van der Waals surface area contributed by atoms with Crippen molar-refractivity contribution in [1.29, 1.82) is 0 Å². The summed E-state index contributed by atoms with van der Waals surface area (Å²) in [4.78, 5) is 23.8. The molecule has 24 heavy (non-hydrogen) atoms. The maximum Gasteiger partial charge on any atom is 0.251 e. The molecule has 0 saturated carbocycles. The zero-order valence-corrected chi connectivity index (χ0v) is 14.0. The van der Waals surface area contributed by atoms with Gasteiger partial charge in [-0.2, -0.15) is 0 Å². The van der Waals surface area contributed by atoms with Crippen molar-refractivity contribution in [2.24, 2.45) is 5.73 Å². The molecule has 2 aromatic rings. The summed E-state index contributed by atoms with van der Waals surface area (Å²) in [6, 6.07) is 16.5. The maximum atomic E-state index is 12.3. The highest BCUT2D eigenvalue weighted by molar-refractivity contribution is 5.97. The second-order valence-electron chi connectivity index (χ2n) is 5.89. The predicted octanol–water partition coefficient (Wildman–Crippen LogP) is 3.29. The monoisotopic (exact) mass is 322 g/mol. The van der Waals surface area contributed by atoms with E-state index in [2.05, 4.69) is 5.32 Å². The number of nitrogens with one attached hydrogen (secondary N) is 1. The molecule has 0 aliphatic heterocycles. The van der Waals surface area contributed by atoms with Gasteiger partial charge in [-0.15, -0.1) is 0 Å². The molecule has 2 amide bonds. The van der Waals surface area contributed by atoms with Crippen LogP contribution in [0.4, 0.5) is 0 Å². The SMILES string of the molecule is CC(C)=CC[C@H](NC(=O)c1ccc(-c2ccccc2)cc1)C(N)=O. The summed E-state index contributed by atoms with van der Waals surface area (Å²) < 4.78 is 0. The second kappa shape index (κ2) is 8.11. The van der Waals surface area contributed by atoms with Crippen LogP contribution < -0.4 is 11.1 Å². The first-order valence-electron chi connectivity index (χ1n) is 7.86. The maximum absolute atomic E-state index is 12.3. The van der Waals surface area contributed by atoms with Gasteiger partial charge in [-0.1, -0.05) is 54.1 Å². The number of rotatable bonds is 6. The van der Waals surface area contributed by atoms with E-state index in [4.69, 9.17) is 5.73 Å². The van der Waals surface area contributed by atoms with E-state index in [-0.39, 0.29) is 5.91 Å². The topological polar surface area (TPSA) is 72.2 Å². The first kappa shape index (κ1) is 17.5. The Kier molecular flexibility index (Phi) is 5.90. The Morgan fingerprint density at radius 1 is 1.00 bits per heavy atom. The molecular formula is C20H22N2O2. The average molecular weight is 322 g/mol. The third-order valence-electron chi connectivity index (χ3n) is 3.66. The van der Waals surface area contributed by atoms with Gasteiger partial charge in [0.05, 0.1) is 0 Å². The minimum absolute atomic E-state index is 0.305. The van der Waals surface area contributed by atoms with Crippen molar-refractivity contribution < 1.29 is 9.59 Å². The number of amides is 2. The molecule has 0 unspecified atom stereocenters. The molecule has 0 fully saturated rings. The van der Waals surface area contributed by atoms with Crippen molar-refractivity contribution in [3.8, 4) is 11.1 Å². The molecule has 0 aliphatic carbocycles. The van der Waals surface area contributed by atoms with Crippen LogP contribution in [0.25, 0.3) is 11.1 Å². The highest BCUT2D eigenvalue weighted by Crippen LogP contribution is 2.19. The molecule has 0 saturated heterocycles. The number of allylic oxidation sites excluding steroid dienone is 1. The molecule has 0 aliphatic rings. The van der Waals surface area contributed by atoms with Gasteiger partial charge in [-0.3, -0.25) is 9.59 Å². The number of hydrogen-bond acceptors (Lipinski definition) is 2. The van der Waals surface area contributed by atoms with Crippen LogP contribution in [0.5, 0.6) is 0 Å². The fourth-order valence-corrected chi connectivity index (χ4v) is 2.29. The van der Waals surface area contributed by atoms with Crippen molar-refractivity contribution in [1.82, 2.24) is 5.32 Å². The van der Waals surface area contributed by atoms with Gasteiger partial charge in [0, 0.05) is 5.56 Å². The van der Waals surface area contributed by atoms with Crippen LogP contribution in [0.15, 0.2) is 66.2 Å². The number of benzene rings is 2. The van der Waals surface area contributed by atoms with E-state index >= 15 is 0 Å². The average Bonchev–Trinajstić information content (AvgIpc) is 2.59. The van der Waals surface area contributed by atoms with Gasteiger partial charge >= 0.3 is 0 Å². The Bertz CT molecular complexity index is 730. The summed E-state index contributed by atoms with van der Waals surface area (Å²) >= 11 is 0. The number of carbonyl (C=O) groups excluding carboxylic acids is 2. The quantitative estimate of drug-likeness (QED) is 0.801. The van der Waals surface area contributed by atoms with E-state index in [1.807, 2.05) is 62.4 Å². The lowest BCUT2D eigenvalue weighted by molar-refractivity contribution is -0.119. The Labute approximate surface area is 142 Å². The smallest absolute Gasteiger partial charge is 0.251 e. The summed E-state index contributed by atoms with van der Waals surface area (Å²) in [6.07, 6.45) is 2.28. The van der Waals surface area contributed by atoms with E-state index < -0.39 is 11.9 Å². The largest absolute Gasteiger partial charge is 0.368 e. The summed E-state index contributed by atoms with van der Waals surface area (Å²) in [5.74, 6) is -0.845. The van der Waals surface area contributed by atoms with Gasteiger partial charge in [-0.25, -0.2) is 0 Å². The molecule has 0 bridgehead atoms. The lowest BCUT2D eigenvalue weighted by Crippen LogP contribution is -2.44. The molecule has 124 valence electrons. The third-order valence-corrected chi connectivity index (χ3v) is 3.66. The van der Waals surface area contributed by atoms with E-state index in [0.717, 1.165) is 16.7 Å². The Morgan fingerprint density at radius 2 is 1.58 bits per heavy atom. The second-order valence-corrected chi connectivity index (χ2v) is 5.89. The van der Waals surface area contributed by atoms with Crippen LogP contribution in [-0.4, -0.2) is 17.9 Å². The zero-order valence-electron chi connectivity index (χ0n) is 14.0. The predicted molar refractivity (Wildman–Crippen MR) is 96.4 cm³/mol. The standard InChI is InChI=1S/C20H22N2O2/c1-14(2)8-13-18(19(21)23)22-20(24)17-11-9-16(10-12-17)15-6-4-3-5-7-15/h3-12,18H,13H2,1-2H3,(H2,21,23)(H,22,24)/t18-/m0/s1. The molecule has 4 nitrogen and oxygen atoms in total. The summed E-state index contributed by atoms with van der Waals surface area (Å²) in [6.45, 7) is 3.87. The number of hydrogen-bond donors (Lipinski definition) is 2. The van der Waals surface area contributed by atoms with Gasteiger partial charge in [0.25, 0.3) is 5.91 Å². The summed E-state index contributed by atoms with van der Waals surface area (Å²) in [5.41, 5.74) is 9.05. The van der Waals surface area contributed by atoms with Gasteiger partial charge in [0.1, 0.15) is 6.04 Å². The van der Waals surface area contributed by atoms with Crippen molar-refractivity contribution in [3.63, 3.8) is 0 Å². The molecule has 0 radical (unpaired) electrons. The number of carbonyl (C=O) groups is 2. The molecule has 0 spiro atoms. The highest BCUT2D eigenvalue weighted by Gasteiger charge is 2.17. The first-order chi connectivity index (χ1) is 11.5. The number of primary amides is 1. The molecule has 1 atom stereocenters. The van der Waals surface area contributed by atoms with Gasteiger partial charge in [0.2, 0.25) is 5.91 Å². The van der Waals surface area contributed by atoms with Crippen molar-refractivity contribution in [2.45, 2.75) is 26.3 Å². The lowest BCUT2D eigenvalue weighted by atomic mass is 10.0. The zero-order chi connectivity index (χ0) is 17.5. The third kappa shape index (κ3) is 4.81. The fraction of sp³-hybridized carbons (Fsp3) is 0.200. The number of nitrogens with two attached hydrogens (primary N) is 1. The fourth-order valence-electron chi connectivity index (χ4n) is 2.29. The molecule has 4 heteroatoms. The Morgan fingerprint density at radius 3 is 2.12 bits per heavy atom. The minimum Gasteiger partial charge on any atom is -0.368 e. The molecule has 0 heterocycles. The summed E-state index contributed by atoms with van der Waals surface area (Å²) in [5, 5.41) is 2.69. The molecule has 2 aromatic carbocycles. The van der Waals surface area contributed by atoms with Crippen LogP contribution in [0.3, 0.4) is 0 Å². The van der Waals surface area contributed by atoms with E-state index in [9.17, 15) is 9.59 Å². The van der Waals surface area contributed by atoms with Gasteiger partial charge in [-0.05, 0) is 43.5 Å². The van der Waals surface area contributed by atoms with Crippen LogP contribution >= 0.6 is 0 Å². The minimum atomic E-state index is -0.707. The van der Waals surface area contributed by atoms with Crippen LogP contribution in [0, 0.1) is 0 Å². The normalized spacial score (nSPS) is 11.4. The van der Waals surface area contributed by atoms with Crippen molar-refractivity contribution in [3.05, 3.63) is 71.8 Å². The molecule has 2 rings (SSSR count).